The van der Waals surface area contributed by atoms with E-state index in [0.29, 0.717) is 37.4 Å². The third kappa shape index (κ3) is 5.09. The summed E-state index contributed by atoms with van der Waals surface area (Å²) in [5.74, 6) is -0.155. The number of hydrogen-bond donors (Lipinski definition) is 1. The van der Waals surface area contributed by atoms with Crippen LogP contribution in [0.4, 0.5) is 5.69 Å². The highest BCUT2D eigenvalue weighted by molar-refractivity contribution is 7.92. The van der Waals surface area contributed by atoms with Gasteiger partial charge < -0.3 is 15.4 Å². The van der Waals surface area contributed by atoms with E-state index in [1.54, 1.807) is 29.2 Å². The molecule has 0 unspecified atom stereocenters. The van der Waals surface area contributed by atoms with Gasteiger partial charge in [0.25, 0.3) is 5.91 Å². The maximum atomic E-state index is 12.2. The van der Waals surface area contributed by atoms with Crippen molar-refractivity contribution in [2.24, 2.45) is 11.7 Å². The predicted octanol–water partition coefficient (Wildman–Crippen LogP) is 0.185. The summed E-state index contributed by atoms with van der Waals surface area (Å²) < 4.78 is 29.6. The molecule has 0 saturated carbocycles. The number of likely N-dealkylation sites (tertiary alicyclic amines) is 1. The van der Waals surface area contributed by atoms with Gasteiger partial charge in [0, 0.05) is 26.1 Å². The minimum absolute atomic E-state index is 0.109. The Morgan fingerprint density at radius 1 is 1.24 bits per heavy atom. The monoisotopic (exact) mass is 369 g/mol. The Morgan fingerprint density at radius 3 is 2.28 bits per heavy atom. The van der Waals surface area contributed by atoms with Crippen molar-refractivity contribution < 1.29 is 22.7 Å². The number of benzene rings is 1. The summed E-state index contributed by atoms with van der Waals surface area (Å²) in [4.78, 5) is 24.9. The Labute approximate surface area is 147 Å². The molecule has 9 heteroatoms. The van der Waals surface area contributed by atoms with Crippen molar-refractivity contribution >= 4 is 27.5 Å². The average molecular weight is 369 g/mol. The van der Waals surface area contributed by atoms with Gasteiger partial charge in [-0.3, -0.25) is 13.9 Å². The van der Waals surface area contributed by atoms with Gasteiger partial charge in [0.1, 0.15) is 5.75 Å². The van der Waals surface area contributed by atoms with E-state index < -0.39 is 10.0 Å². The van der Waals surface area contributed by atoms with Crippen LogP contribution < -0.4 is 14.8 Å². The first-order chi connectivity index (χ1) is 11.7. The number of piperidine rings is 1. The van der Waals surface area contributed by atoms with Crippen LogP contribution in [0.15, 0.2) is 24.3 Å². The standard InChI is InChI=1S/C16H23N3O5S/c1-18(25(2,22)23)13-3-5-14(6-4-13)24-11-15(20)19-9-7-12(8-10-19)16(17)21/h3-6,12H,7-11H2,1-2H3,(H2,17,21). The lowest BCUT2D eigenvalue weighted by molar-refractivity contribution is -0.136. The van der Waals surface area contributed by atoms with Crippen molar-refractivity contribution in [3.63, 3.8) is 0 Å². The summed E-state index contributed by atoms with van der Waals surface area (Å²) in [6.07, 6.45) is 2.28. The molecule has 2 rings (SSSR count). The molecule has 2 amide bonds. The second kappa shape index (κ2) is 7.73. The fraction of sp³-hybridized carbons (Fsp3) is 0.500. The number of hydrogen-bond acceptors (Lipinski definition) is 5. The van der Waals surface area contributed by atoms with Gasteiger partial charge in [0.2, 0.25) is 15.9 Å². The maximum Gasteiger partial charge on any atom is 0.260 e. The SMILES string of the molecule is CN(c1ccc(OCC(=O)N2CCC(C(N)=O)CC2)cc1)S(C)(=O)=O. The van der Waals surface area contributed by atoms with Crippen molar-refractivity contribution in [1.82, 2.24) is 4.90 Å². The fourth-order valence-electron chi connectivity index (χ4n) is 2.59. The Balaban J connectivity index is 1.85. The van der Waals surface area contributed by atoms with E-state index in [9.17, 15) is 18.0 Å². The molecular formula is C16H23N3O5S. The van der Waals surface area contributed by atoms with Gasteiger partial charge in [-0.15, -0.1) is 0 Å². The molecule has 1 aliphatic rings. The lowest BCUT2D eigenvalue weighted by Crippen LogP contribution is -2.43. The molecule has 0 atom stereocenters. The minimum Gasteiger partial charge on any atom is -0.484 e. The predicted molar refractivity (Wildman–Crippen MR) is 93.7 cm³/mol. The number of ether oxygens (including phenoxy) is 1. The number of nitrogens with zero attached hydrogens (tertiary/aromatic N) is 2. The average Bonchev–Trinajstić information content (AvgIpc) is 2.58. The van der Waals surface area contributed by atoms with Crippen LogP contribution in [0.25, 0.3) is 0 Å². The molecule has 1 aliphatic heterocycles. The molecule has 0 spiro atoms. The quantitative estimate of drug-likeness (QED) is 0.769. The van der Waals surface area contributed by atoms with Crippen LogP contribution in [0.1, 0.15) is 12.8 Å². The van der Waals surface area contributed by atoms with Gasteiger partial charge in [-0.2, -0.15) is 0 Å². The van der Waals surface area contributed by atoms with Crippen LogP contribution in [-0.4, -0.2) is 58.1 Å². The van der Waals surface area contributed by atoms with Gasteiger partial charge >= 0.3 is 0 Å². The van der Waals surface area contributed by atoms with E-state index in [4.69, 9.17) is 10.5 Å². The number of amides is 2. The van der Waals surface area contributed by atoms with Crippen LogP contribution in [-0.2, 0) is 19.6 Å². The molecule has 0 radical (unpaired) electrons. The van der Waals surface area contributed by atoms with E-state index in [-0.39, 0.29) is 24.3 Å². The maximum absolute atomic E-state index is 12.2. The highest BCUT2D eigenvalue weighted by Crippen LogP contribution is 2.21. The zero-order valence-electron chi connectivity index (χ0n) is 14.3. The third-order valence-electron chi connectivity index (χ3n) is 4.31. The number of sulfonamides is 1. The molecular weight excluding hydrogens is 346 g/mol. The molecule has 25 heavy (non-hydrogen) atoms. The van der Waals surface area contributed by atoms with Crippen molar-refractivity contribution in [3.8, 4) is 5.75 Å². The summed E-state index contributed by atoms with van der Waals surface area (Å²) in [5, 5.41) is 0. The van der Waals surface area contributed by atoms with E-state index in [2.05, 4.69) is 0 Å². The number of anilines is 1. The number of nitrogens with two attached hydrogens (primary N) is 1. The summed E-state index contributed by atoms with van der Waals surface area (Å²) in [7, 11) is -1.86. The molecule has 1 heterocycles. The van der Waals surface area contributed by atoms with Gasteiger partial charge in [0.15, 0.2) is 6.61 Å². The van der Waals surface area contributed by atoms with Crippen molar-refractivity contribution in [2.75, 3.05) is 37.3 Å². The van der Waals surface area contributed by atoms with Gasteiger partial charge in [0.05, 0.1) is 11.9 Å². The van der Waals surface area contributed by atoms with Gasteiger partial charge in [-0.05, 0) is 37.1 Å². The molecule has 1 saturated heterocycles. The van der Waals surface area contributed by atoms with Crippen molar-refractivity contribution in [1.29, 1.82) is 0 Å². The smallest absolute Gasteiger partial charge is 0.260 e. The van der Waals surface area contributed by atoms with E-state index in [0.717, 1.165) is 10.6 Å². The molecule has 0 aliphatic carbocycles. The van der Waals surface area contributed by atoms with Gasteiger partial charge in [-0.25, -0.2) is 8.42 Å². The van der Waals surface area contributed by atoms with E-state index in [1.165, 1.54) is 7.05 Å². The topological polar surface area (TPSA) is 110 Å². The number of carbonyl (C=O) groups excluding carboxylic acids is 2. The highest BCUT2D eigenvalue weighted by atomic mass is 32.2. The molecule has 1 aromatic rings. The molecule has 1 fully saturated rings. The van der Waals surface area contributed by atoms with E-state index in [1.807, 2.05) is 0 Å². The summed E-state index contributed by atoms with van der Waals surface area (Å²) >= 11 is 0. The highest BCUT2D eigenvalue weighted by Gasteiger charge is 2.25. The Morgan fingerprint density at radius 2 is 1.80 bits per heavy atom. The Kier molecular flexibility index (Phi) is 5.89. The van der Waals surface area contributed by atoms with Crippen LogP contribution in [0.3, 0.4) is 0 Å². The number of rotatable bonds is 6. The summed E-state index contributed by atoms with van der Waals surface area (Å²) in [5.41, 5.74) is 5.78. The van der Waals surface area contributed by atoms with Crippen molar-refractivity contribution in [3.05, 3.63) is 24.3 Å². The Bertz CT molecular complexity index is 725. The molecule has 138 valence electrons. The van der Waals surface area contributed by atoms with Crippen molar-refractivity contribution in [2.45, 2.75) is 12.8 Å². The Hall–Kier alpha value is -2.29. The van der Waals surface area contributed by atoms with E-state index >= 15 is 0 Å². The number of carbonyl (C=O) groups is 2. The van der Waals surface area contributed by atoms with Crippen LogP contribution in [0, 0.1) is 5.92 Å². The van der Waals surface area contributed by atoms with Crippen LogP contribution in [0.5, 0.6) is 5.75 Å². The van der Waals surface area contributed by atoms with Gasteiger partial charge in [-0.1, -0.05) is 0 Å². The zero-order valence-corrected chi connectivity index (χ0v) is 15.2. The zero-order chi connectivity index (χ0) is 18.6. The van der Waals surface area contributed by atoms with Crippen LogP contribution >= 0.6 is 0 Å². The molecule has 1 aromatic carbocycles. The lowest BCUT2D eigenvalue weighted by Gasteiger charge is -2.30. The summed E-state index contributed by atoms with van der Waals surface area (Å²) in [6.45, 7) is 0.879. The second-order valence-electron chi connectivity index (χ2n) is 6.07. The summed E-state index contributed by atoms with van der Waals surface area (Å²) in [6, 6.07) is 6.45. The molecule has 0 bridgehead atoms. The first-order valence-electron chi connectivity index (χ1n) is 7.92. The largest absolute Gasteiger partial charge is 0.484 e. The molecule has 2 N–H and O–H groups in total. The molecule has 0 aromatic heterocycles. The fourth-order valence-corrected chi connectivity index (χ4v) is 3.10. The lowest BCUT2D eigenvalue weighted by atomic mass is 9.96. The molecule has 8 nitrogen and oxygen atoms in total. The number of primary amides is 1. The first-order valence-corrected chi connectivity index (χ1v) is 9.77. The first kappa shape index (κ1) is 19.0. The van der Waals surface area contributed by atoms with Crippen LogP contribution in [0.2, 0.25) is 0 Å². The minimum atomic E-state index is -3.32. The third-order valence-corrected chi connectivity index (χ3v) is 5.52. The second-order valence-corrected chi connectivity index (χ2v) is 8.08. The normalized spacial score (nSPS) is 15.7.